The van der Waals surface area contributed by atoms with Crippen LogP contribution in [0.5, 0.6) is 0 Å². The first-order chi connectivity index (χ1) is 4.46. The van der Waals surface area contributed by atoms with E-state index >= 15 is 0 Å². The zero-order valence-electron chi connectivity index (χ0n) is 5.89. The summed E-state index contributed by atoms with van der Waals surface area (Å²) in [6, 6.07) is 0. The number of hydrogen-bond acceptors (Lipinski definition) is 6. The van der Waals surface area contributed by atoms with Crippen LogP contribution in [0.1, 0.15) is 0 Å². The average Bonchev–Trinajstić information content (AvgIpc) is 1.84. The van der Waals surface area contributed by atoms with Gasteiger partial charge in [0.15, 0.2) is 0 Å². The van der Waals surface area contributed by atoms with Crippen LogP contribution >= 0.6 is 0 Å². The van der Waals surface area contributed by atoms with Gasteiger partial charge in [-0.3, -0.25) is 0 Å². The van der Waals surface area contributed by atoms with Crippen LogP contribution in [-0.2, 0) is 31.3 Å². The molecule has 6 nitrogen and oxygen atoms in total. The van der Waals surface area contributed by atoms with Gasteiger partial charge in [0.05, 0.1) is 11.9 Å². The quantitative estimate of drug-likeness (QED) is 0.500. The van der Waals surface area contributed by atoms with Gasteiger partial charge in [-0.1, -0.05) is 0 Å². The number of carbonyl (C=O) groups excluding carboxylic acids is 2. The number of carboxylic acid groups (broad SMARTS) is 2. The van der Waals surface area contributed by atoms with Crippen LogP contribution in [0.2, 0.25) is 0 Å². The largest absolute Gasteiger partial charge is 2.00 e. The van der Waals surface area contributed by atoms with Crippen molar-refractivity contribution in [1.29, 1.82) is 0 Å². The standard InChI is InChI=1S/C4H6O6.Sr.Ti/c5-1(3(7)8)2(6)4(9)10;;/h1-2,5-6H,(H,7,8)(H,9,10);;/q;+2;/p-2. The number of carboxylic acids is 2. The van der Waals surface area contributed by atoms with E-state index in [0.717, 1.165) is 0 Å². The molecule has 0 saturated heterocycles. The first-order valence-electron chi connectivity index (χ1n) is 2.24. The van der Waals surface area contributed by atoms with Gasteiger partial charge in [0, 0.05) is 21.7 Å². The molecule has 0 fully saturated rings. The van der Waals surface area contributed by atoms with Crippen molar-refractivity contribution in [3.8, 4) is 0 Å². The van der Waals surface area contributed by atoms with E-state index in [-0.39, 0.29) is 67.2 Å². The molecule has 0 heterocycles. The number of rotatable bonds is 3. The summed E-state index contributed by atoms with van der Waals surface area (Å²) in [6.45, 7) is 0. The Hall–Kier alpha value is 1.05. The Bertz CT molecular complexity index is 144. The fourth-order valence-electron chi connectivity index (χ4n) is 0.258. The zero-order valence-corrected chi connectivity index (χ0v) is 10.9. The molecule has 0 spiro atoms. The number of aliphatic hydroxyl groups excluding tert-OH is 2. The molecule has 62 valence electrons. The SMILES string of the molecule is O=C([O-])C(O)C(O)C(=O)[O-].[Sr+2].[Ti]. The molecule has 2 atom stereocenters. The third-order valence-electron chi connectivity index (χ3n) is 0.782. The fraction of sp³-hybridized carbons (Fsp3) is 0.500. The van der Waals surface area contributed by atoms with Crippen molar-refractivity contribution in [3.05, 3.63) is 0 Å². The molecular weight excluding hydrogens is 280 g/mol. The topological polar surface area (TPSA) is 121 Å². The van der Waals surface area contributed by atoms with E-state index in [1.807, 2.05) is 0 Å². The van der Waals surface area contributed by atoms with E-state index < -0.39 is 24.1 Å². The van der Waals surface area contributed by atoms with Crippen molar-refractivity contribution in [2.24, 2.45) is 0 Å². The van der Waals surface area contributed by atoms with E-state index in [1.165, 1.54) is 0 Å². The first-order valence-corrected chi connectivity index (χ1v) is 2.24. The maximum absolute atomic E-state index is 9.63. The van der Waals surface area contributed by atoms with Crippen LogP contribution in [0.25, 0.3) is 0 Å². The summed E-state index contributed by atoms with van der Waals surface area (Å²) >= 11 is 0. The monoisotopic (exact) mass is 284 g/mol. The minimum atomic E-state index is -2.44. The van der Waals surface area contributed by atoms with Crippen LogP contribution in [-0.4, -0.2) is 79.8 Å². The molecule has 0 aliphatic carbocycles. The molecule has 2 N–H and O–H groups in total. The molecule has 0 aliphatic rings. The van der Waals surface area contributed by atoms with Crippen molar-refractivity contribution in [2.45, 2.75) is 12.2 Å². The fourth-order valence-corrected chi connectivity index (χ4v) is 0.258. The van der Waals surface area contributed by atoms with Crippen LogP contribution < -0.4 is 10.2 Å². The van der Waals surface area contributed by atoms with Crippen molar-refractivity contribution in [3.63, 3.8) is 0 Å². The van der Waals surface area contributed by atoms with Crippen LogP contribution in [0, 0.1) is 0 Å². The minimum Gasteiger partial charge on any atom is -0.547 e. The molecule has 0 radical (unpaired) electrons. The van der Waals surface area contributed by atoms with Gasteiger partial charge in [-0.05, 0) is 0 Å². The summed E-state index contributed by atoms with van der Waals surface area (Å²) in [5.74, 6) is -4.12. The third-order valence-corrected chi connectivity index (χ3v) is 0.782. The molecule has 0 saturated carbocycles. The van der Waals surface area contributed by atoms with Crippen molar-refractivity contribution >= 4 is 57.4 Å². The number of carbonyl (C=O) groups is 2. The second-order valence-electron chi connectivity index (χ2n) is 1.53. The second-order valence-corrected chi connectivity index (χ2v) is 1.53. The maximum Gasteiger partial charge on any atom is 2.00 e. The van der Waals surface area contributed by atoms with Gasteiger partial charge in [0.25, 0.3) is 0 Å². The Morgan fingerprint density at radius 1 is 1.00 bits per heavy atom. The predicted molar refractivity (Wildman–Crippen MR) is 27.8 cm³/mol. The third kappa shape index (κ3) is 6.56. The Balaban J connectivity index is -0.000000405. The normalized spacial score (nSPS) is 13.2. The molecule has 0 aromatic carbocycles. The van der Waals surface area contributed by atoms with Gasteiger partial charge in [-0.25, -0.2) is 0 Å². The summed E-state index contributed by atoms with van der Waals surface area (Å²) in [4.78, 5) is 19.3. The minimum absolute atomic E-state index is 0. The van der Waals surface area contributed by atoms with Gasteiger partial charge < -0.3 is 30.0 Å². The summed E-state index contributed by atoms with van der Waals surface area (Å²) in [5.41, 5.74) is 0. The van der Waals surface area contributed by atoms with E-state index in [1.54, 1.807) is 0 Å². The molecule has 2 unspecified atom stereocenters. The number of hydrogen-bond donors (Lipinski definition) is 2. The number of aliphatic carboxylic acids is 2. The van der Waals surface area contributed by atoms with E-state index in [0.29, 0.717) is 0 Å². The molecule has 0 aliphatic heterocycles. The number of aliphatic hydroxyl groups is 2. The summed E-state index contributed by atoms with van der Waals surface area (Å²) in [5, 5.41) is 35.7. The van der Waals surface area contributed by atoms with E-state index in [9.17, 15) is 19.8 Å². The summed E-state index contributed by atoms with van der Waals surface area (Å²) in [7, 11) is 0. The van der Waals surface area contributed by atoms with Gasteiger partial charge in [0.1, 0.15) is 12.2 Å². The van der Waals surface area contributed by atoms with Gasteiger partial charge in [-0.2, -0.15) is 0 Å². The molecule has 8 heteroatoms. The van der Waals surface area contributed by atoms with Crippen LogP contribution in [0.4, 0.5) is 0 Å². The first kappa shape index (κ1) is 18.8. The average molecular weight is 284 g/mol. The van der Waals surface area contributed by atoms with Crippen LogP contribution in [0.15, 0.2) is 0 Å². The van der Waals surface area contributed by atoms with E-state index in [2.05, 4.69) is 0 Å². The van der Waals surface area contributed by atoms with Gasteiger partial charge in [-0.15, -0.1) is 0 Å². The zero-order chi connectivity index (χ0) is 8.31. The molecule has 0 amide bonds. The Labute approximate surface area is 120 Å². The van der Waals surface area contributed by atoms with Gasteiger partial charge >= 0.3 is 45.5 Å². The Kier molecular flexibility index (Phi) is 13.5. The molecule has 0 rings (SSSR count). The van der Waals surface area contributed by atoms with Gasteiger partial charge in [0.2, 0.25) is 0 Å². The maximum atomic E-state index is 9.63. The van der Waals surface area contributed by atoms with Crippen molar-refractivity contribution in [2.75, 3.05) is 0 Å². The van der Waals surface area contributed by atoms with Crippen molar-refractivity contribution < 1.29 is 51.7 Å². The smallest absolute Gasteiger partial charge is 0.547 e. The molecule has 0 aromatic heterocycles. The Morgan fingerprint density at radius 3 is 1.25 bits per heavy atom. The molecule has 0 bridgehead atoms. The molecule has 0 aromatic rings. The Morgan fingerprint density at radius 2 is 1.17 bits per heavy atom. The van der Waals surface area contributed by atoms with Crippen LogP contribution in [0.3, 0.4) is 0 Å². The predicted octanol–water partition coefficient (Wildman–Crippen LogP) is -5.18. The van der Waals surface area contributed by atoms with Crippen molar-refractivity contribution in [1.82, 2.24) is 0 Å². The molecular formula is C4H4O6SrTi. The summed E-state index contributed by atoms with van der Waals surface area (Å²) in [6.07, 6.45) is -4.88. The second kappa shape index (κ2) is 8.64. The van der Waals surface area contributed by atoms with E-state index in [4.69, 9.17) is 10.2 Å². The summed E-state index contributed by atoms with van der Waals surface area (Å²) < 4.78 is 0. The molecule has 12 heavy (non-hydrogen) atoms.